The Bertz CT molecular complexity index is 383. The molecule has 1 fully saturated rings. The monoisotopic (exact) mass is 264 g/mol. The number of hydrogen-bond acceptors (Lipinski definition) is 3. The van der Waals surface area contributed by atoms with Crippen molar-refractivity contribution in [2.75, 3.05) is 19.7 Å². The molecule has 98 valence electrons. The van der Waals surface area contributed by atoms with E-state index < -0.39 is 0 Å². The molecule has 1 atom stereocenters. The Kier molecular flexibility index (Phi) is 4.96. The molecule has 1 heterocycles. The first-order valence-electron chi connectivity index (χ1n) is 6.48. The molecule has 1 aliphatic heterocycles. The average molecular weight is 264 g/mol. The Balaban J connectivity index is 1.79. The third-order valence-corrected chi connectivity index (χ3v) is 3.60. The van der Waals surface area contributed by atoms with E-state index >= 15 is 0 Å². The minimum absolute atomic E-state index is 0.258. The van der Waals surface area contributed by atoms with Gasteiger partial charge >= 0.3 is 0 Å². The van der Waals surface area contributed by atoms with Crippen molar-refractivity contribution in [3.8, 4) is 5.75 Å². The van der Waals surface area contributed by atoms with Crippen LogP contribution >= 0.6 is 12.2 Å². The predicted octanol–water partition coefficient (Wildman–Crippen LogP) is 2.21. The number of hydrogen-bond donors (Lipinski definition) is 1. The van der Waals surface area contributed by atoms with E-state index in [0.29, 0.717) is 11.6 Å². The third kappa shape index (κ3) is 3.68. The quantitative estimate of drug-likeness (QED) is 0.828. The van der Waals surface area contributed by atoms with Crippen LogP contribution in [0.4, 0.5) is 0 Å². The van der Waals surface area contributed by atoms with Gasteiger partial charge in [-0.3, -0.25) is 4.90 Å². The number of nitrogens with two attached hydrogens (primary N) is 1. The highest BCUT2D eigenvalue weighted by atomic mass is 32.1. The van der Waals surface area contributed by atoms with Crippen LogP contribution in [0.2, 0.25) is 0 Å². The van der Waals surface area contributed by atoms with Gasteiger partial charge < -0.3 is 10.5 Å². The topological polar surface area (TPSA) is 38.5 Å². The number of thiocarbonyl (C=S) groups is 1. The molecule has 0 saturated carbocycles. The van der Waals surface area contributed by atoms with Crippen molar-refractivity contribution in [3.05, 3.63) is 30.3 Å². The van der Waals surface area contributed by atoms with Crippen molar-refractivity contribution in [2.45, 2.75) is 25.3 Å². The van der Waals surface area contributed by atoms with Crippen LogP contribution in [0.5, 0.6) is 5.75 Å². The van der Waals surface area contributed by atoms with Crippen LogP contribution < -0.4 is 10.5 Å². The van der Waals surface area contributed by atoms with Crippen molar-refractivity contribution in [1.82, 2.24) is 4.90 Å². The van der Waals surface area contributed by atoms with Crippen LogP contribution in [0.25, 0.3) is 0 Å². The maximum atomic E-state index is 5.79. The van der Waals surface area contributed by atoms with E-state index in [9.17, 15) is 0 Å². The van der Waals surface area contributed by atoms with Gasteiger partial charge in [0, 0.05) is 6.54 Å². The average Bonchev–Trinajstić information content (AvgIpc) is 2.40. The number of rotatable bonds is 5. The minimum atomic E-state index is 0.258. The summed E-state index contributed by atoms with van der Waals surface area (Å²) in [5.41, 5.74) is 5.79. The molecule has 0 spiro atoms. The SMILES string of the molecule is NC(=S)C1CCCCN1CCOc1ccccc1. The highest BCUT2D eigenvalue weighted by Gasteiger charge is 2.23. The number of para-hydroxylation sites is 1. The zero-order valence-electron chi connectivity index (χ0n) is 10.5. The van der Waals surface area contributed by atoms with Crippen molar-refractivity contribution in [1.29, 1.82) is 0 Å². The first-order chi connectivity index (χ1) is 8.77. The zero-order chi connectivity index (χ0) is 12.8. The maximum Gasteiger partial charge on any atom is 0.119 e. The zero-order valence-corrected chi connectivity index (χ0v) is 11.4. The molecule has 0 bridgehead atoms. The van der Waals surface area contributed by atoms with Crippen LogP contribution in [-0.2, 0) is 0 Å². The van der Waals surface area contributed by atoms with Crippen LogP contribution in [0.15, 0.2) is 30.3 Å². The fourth-order valence-electron chi connectivity index (χ4n) is 2.38. The van der Waals surface area contributed by atoms with Crippen molar-refractivity contribution < 1.29 is 4.74 Å². The van der Waals surface area contributed by atoms with E-state index in [1.54, 1.807) is 0 Å². The summed E-state index contributed by atoms with van der Waals surface area (Å²) < 4.78 is 5.71. The smallest absolute Gasteiger partial charge is 0.119 e. The Morgan fingerprint density at radius 2 is 2.11 bits per heavy atom. The number of nitrogens with zero attached hydrogens (tertiary/aromatic N) is 1. The molecule has 18 heavy (non-hydrogen) atoms. The van der Waals surface area contributed by atoms with E-state index in [-0.39, 0.29) is 6.04 Å². The van der Waals surface area contributed by atoms with Gasteiger partial charge in [0.1, 0.15) is 12.4 Å². The Hall–Kier alpha value is -1.13. The molecule has 0 radical (unpaired) electrons. The molecule has 1 saturated heterocycles. The number of piperidine rings is 1. The first kappa shape index (κ1) is 13.3. The van der Waals surface area contributed by atoms with Gasteiger partial charge in [-0.2, -0.15) is 0 Å². The second kappa shape index (κ2) is 6.71. The van der Waals surface area contributed by atoms with Gasteiger partial charge in [0.05, 0.1) is 11.0 Å². The summed E-state index contributed by atoms with van der Waals surface area (Å²) >= 11 is 5.13. The lowest BCUT2D eigenvalue weighted by Gasteiger charge is -2.34. The van der Waals surface area contributed by atoms with Gasteiger partial charge in [-0.25, -0.2) is 0 Å². The van der Waals surface area contributed by atoms with Gasteiger partial charge in [-0.1, -0.05) is 36.8 Å². The fourth-order valence-corrected chi connectivity index (χ4v) is 2.65. The van der Waals surface area contributed by atoms with E-state index in [0.717, 1.165) is 25.3 Å². The van der Waals surface area contributed by atoms with Crippen LogP contribution in [0.3, 0.4) is 0 Å². The summed E-state index contributed by atoms with van der Waals surface area (Å²) in [5.74, 6) is 0.918. The van der Waals surface area contributed by atoms with E-state index in [4.69, 9.17) is 22.7 Å². The Morgan fingerprint density at radius 3 is 2.83 bits per heavy atom. The minimum Gasteiger partial charge on any atom is -0.492 e. The predicted molar refractivity (Wildman–Crippen MR) is 77.9 cm³/mol. The normalized spacial score (nSPS) is 20.6. The molecule has 2 rings (SSSR count). The van der Waals surface area contributed by atoms with Gasteiger partial charge in [0.25, 0.3) is 0 Å². The Labute approximate surface area is 114 Å². The molecule has 1 aromatic carbocycles. The molecule has 1 aliphatic rings. The van der Waals surface area contributed by atoms with E-state index in [2.05, 4.69) is 4.90 Å². The number of benzene rings is 1. The molecule has 0 aromatic heterocycles. The van der Waals surface area contributed by atoms with Crippen LogP contribution in [0, 0.1) is 0 Å². The van der Waals surface area contributed by atoms with Crippen LogP contribution in [0.1, 0.15) is 19.3 Å². The number of likely N-dealkylation sites (tertiary alicyclic amines) is 1. The molecule has 0 aliphatic carbocycles. The Morgan fingerprint density at radius 1 is 1.33 bits per heavy atom. The largest absolute Gasteiger partial charge is 0.492 e. The first-order valence-corrected chi connectivity index (χ1v) is 6.89. The van der Waals surface area contributed by atoms with Crippen molar-refractivity contribution in [3.63, 3.8) is 0 Å². The highest BCUT2D eigenvalue weighted by molar-refractivity contribution is 7.80. The fraction of sp³-hybridized carbons (Fsp3) is 0.500. The molecule has 3 nitrogen and oxygen atoms in total. The van der Waals surface area contributed by atoms with Gasteiger partial charge in [-0.15, -0.1) is 0 Å². The lowest BCUT2D eigenvalue weighted by atomic mass is 10.0. The molecule has 2 N–H and O–H groups in total. The van der Waals surface area contributed by atoms with E-state index in [1.165, 1.54) is 12.8 Å². The molecule has 1 aromatic rings. The van der Waals surface area contributed by atoms with Crippen molar-refractivity contribution in [2.24, 2.45) is 5.73 Å². The van der Waals surface area contributed by atoms with Crippen molar-refractivity contribution >= 4 is 17.2 Å². The van der Waals surface area contributed by atoms with Gasteiger partial charge in [0.15, 0.2) is 0 Å². The van der Waals surface area contributed by atoms with Gasteiger partial charge in [-0.05, 0) is 31.5 Å². The highest BCUT2D eigenvalue weighted by Crippen LogP contribution is 2.17. The third-order valence-electron chi connectivity index (χ3n) is 3.33. The molecular formula is C14H20N2OS. The molecule has 0 amide bonds. The summed E-state index contributed by atoms with van der Waals surface area (Å²) in [6.07, 6.45) is 3.53. The lowest BCUT2D eigenvalue weighted by Crippen LogP contribution is -2.48. The van der Waals surface area contributed by atoms with Crippen LogP contribution in [-0.4, -0.2) is 35.6 Å². The number of ether oxygens (including phenoxy) is 1. The lowest BCUT2D eigenvalue weighted by molar-refractivity contribution is 0.158. The summed E-state index contributed by atoms with van der Waals surface area (Å²) in [6, 6.07) is 10.2. The second-order valence-electron chi connectivity index (χ2n) is 4.61. The summed E-state index contributed by atoms with van der Waals surface area (Å²) in [4.78, 5) is 2.96. The summed E-state index contributed by atoms with van der Waals surface area (Å²) in [7, 11) is 0. The molecule has 4 heteroatoms. The summed E-state index contributed by atoms with van der Waals surface area (Å²) in [6.45, 7) is 2.64. The molecule has 1 unspecified atom stereocenters. The van der Waals surface area contributed by atoms with Gasteiger partial charge in [0.2, 0.25) is 0 Å². The molecular weight excluding hydrogens is 244 g/mol. The standard InChI is InChI=1S/C14H20N2OS/c15-14(18)13-8-4-5-9-16(13)10-11-17-12-6-2-1-3-7-12/h1-3,6-7,13H,4-5,8-11H2,(H2,15,18). The second-order valence-corrected chi connectivity index (χ2v) is 5.08. The van der Waals surface area contributed by atoms with E-state index in [1.807, 2.05) is 30.3 Å². The maximum absolute atomic E-state index is 5.79. The summed E-state index contributed by atoms with van der Waals surface area (Å²) in [5, 5.41) is 0.